The molecule has 0 bridgehead atoms. The minimum Gasteiger partial charge on any atom is -0.338 e. The Labute approximate surface area is 149 Å². The molecular weight excluding hydrogens is 347 g/mol. The maximum Gasteiger partial charge on any atom is 0.449 e. The van der Waals surface area contributed by atoms with Gasteiger partial charge in [0.1, 0.15) is 5.52 Å². The zero-order valence-electron chi connectivity index (χ0n) is 14.4. The number of hydrogen-bond donors (Lipinski definition) is 2. The number of amides is 2. The van der Waals surface area contributed by atoms with E-state index in [-0.39, 0.29) is 36.3 Å². The van der Waals surface area contributed by atoms with E-state index in [0.717, 1.165) is 30.3 Å². The first-order valence-corrected chi connectivity index (χ1v) is 8.88. The van der Waals surface area contributed by atoms with Crippen molar-refractivity contribution in [3.8, 4) is 0 Å². The fourth-order valence-electron chi connectivity index (χ4n) is 3.31. The number of hydrogen-bond acceptors (Lipinski definition) is 3. The first-order valence-electron chi connectivity index (χ1n) is 8.88. The lowest BCUT2D eigenvalue weighted by Crippen LogP contribution is -2.43. The summed E-state index contributed by atoms with van der Waals surface area (Å²) in [6.07, 6.45) is 2.64. The first kappa shape index (κ1) is 18.5. The summed E-state index contributed by atoms with van der Waals surface area (Å²) in [5, 5.41) is 5.63. The van der Waals surface area contributed by atoms with Gasteiger partial charge < -0.3 is 15.2 Å². The molecule has 6 nitrogen and oxygen atoms in total. The minimum absolute atomic E-state index is 0.0755. The fourth-order valence-corrected chi connectivity index (χ4v) is 3.31. The maximum atomic E-state index is 13.2. The number of carbonyl (C=O) groups excluding carboxylic acids is 1. The molecule has 2 heterocycles. The van der Waals surface area contributed by atoms with Crippen LogP contribution in [0.25, 0.3) is 11.2 Å². The second-order valence-corrected chi connectivity index (χ2v) is 6.52. The van der Waals surface area contributed by atoms with Crippen LogP contribution < -0.4 is 10.6 Å². The third-order valence-corrected chi connectivity index (χ3v) is 4.54. The zero-order valence-corrected chi connectivity index (χ0v) is 14.4. The predicted molar refractivity (Wildman–Crippen MR) is 90.6 cm³/mol. The SMILES string of the molecule is O=C(NCCCn1c(C(F)(F)F)nc2cccnc21)NC1CCCCC1. The number of urea groups is 1. The van der Waals surface area contributed by atoms with Gasteiger partial charge in [-0.25, -0.2) is 14.8 Å². The van der Waals surface area contributed by atoms with Crippen molar-refractivity contribution in [2.24, 2.45) is 0 Å². The van der Waals surface area contributed by atoms with E-state index in [1.807, 2.05) is 0 Å². The Morgan fingerprint density at radius 3 is 2.77 bits per heavy atom. The molecule has 0 saturated heterocycles. The number of alkyl halides is 3. The van der Waals surface area contributed by atoms with Crippen molar-refractivity contribution in [3.63, 3.8) is 0 Å². The molecule has 9 heteroatoms. The summed E-state index contributed by atoms with van der Waals surface area (Å²) in [7, 11) is 0. The molecule has 2 N–H and O–H groups in total. The Hall–Kier alpha value is -2.32. The molecule has 26 heavy (non-hydrogen) atoms. The molecule has 3 rings (SSSR count). The van der Waals surface area contributed by atoms with E-state index in [1.165, 1.54) is 18.7 Å². The van der Waals surface area contributed by atoms with Gasteiger partial charge in [-0.05, 0) is 31.4 Å². The largest absolute Gasteiger partial charge is 0.449 e. The van der Waals surface area contributed by atoms with Crippen molar-refractivity contribution < 1.29 is 18.0 Å². The highest BCUT2D eigenvalue weighted by Crippen LogP contribution is 2.30. The number of nitrogens with one attached hydrogen (secondary N) is 2. The summed E-state index contributed by atoms with van der Waals surface area (Å²) in [4.78, 5) is 19.5. The van der Waals surface area contributed by atoms with E-state index in [9.17, 15) is 18.0 Å². The van der Waals surface area contributed by atoms with Gasteiger partial charge in [0.05, 0.1) is 0 Å². The lowest BCUT2D eigenvalue weighted by Gasteiger charge is -2.22. The number of aryl methyl sites for hydroxylation is 1. The highest BCUT2D eigenvalue weighted by molar-refractivity contribution is 5.74. The smallest absolute Gasteiger partial charge is 0.338 e. The Kier molecular flexibility index (Phi) is 5.63. The lowest BCUT2D eigenvalue weighted by molar-refractivity contribution is -0.147. The van der Waals surface area contributed by atoms with Crippen LogP contribution in [0.5, 0.6) is 0 Å². The number of rotatable bonds is 5. The Morgan fingerprint density at radius 2 is 2.04 bits per heavy atom. The number of fused-ring (bicyclic) bond motifs is 1. The van der Waals surface area contributed by atoms with E-state index < -0.39 is 12.0 Å². The van der Waals surface area contributed by atoms with Crippen LogP contribution in [-0.2, 0) is 12.7 Å². The van der Waals surface area contributed by atoms with Crippen molar-refractivity contribution in [3.05, 3.63) is 24.2 Å². The second kappa shape index (κ2) is 7.92. The van der Waals surface area contributed by atoms with Crippen LogP contribution in [0.3, 0.4) is 0 Å². The van der Waals surface area contributed by atoms with Crippen molar-refractivity contribution in [2.45, 2.75) is 57.3 Å². The number of pyridine rings is 1. The van der Waals surface area contributed by atoms with Crippen LogP contribution in [0.2, 0.25) is 0 Å². The van der Waals surface area contributed by atoms with Gasteiger partial charge in [-0.1, -0.05) is 19.3 Å². The average Bonchev–Trinajstić information content (AvgIpc) is 2.99. The molecule has 0 aromatic carbocycles. The van der Waals surface area contributed by atoms with E-state index in [2.05, 4.69) is 20.6 Å². The van der Waals surface area contributed by atoms with Gasteiger partial charge in [-0.2, -0.15) is 13.2 Å². The summed E-state index contributed by atoms with van der Waals surface area (Å²) in [6.45, 7) is 0.356. The van der Waals surface area contributed by atoms with Crippen molar-refractivity contribution >= 4 is 17.2 Å². The van der Waals surface area contributed by atoms with Crippen LogP contribution in [0.1, 0.15) is 44.3 Å². The molecule has 1 aliphatic carbocycles. The molecule has 0 spiro atoms. The fraction of sp³-hybridized carbons (Fsp3) is 0.588. The normalized spacial score (nSPS) is 16.0. The molecule has 2 amide bonds. The average molecular weight is 369 g/mol. The van der Waals surface area contributed by atoms with Crippen LogP contribution >= 0.6 is 0 Å². The van der Waals surface area contributed by atoms with Gasteiger partial charge in [-0.3, -0.25) is 0 Å². The second-order valence-electron chi connectivity index (χ2n) is 6.52. The highest BCUT2D eigenvalue weighted by Gasteiger charge is 2.37. The summed E-state index contributed by atoms with van der Waals surface area (Å²) in [6, 6.07) is 2.99. The lowest BCUT2D eigenvalue weighted by atomic mass is 9.96. The summed E-state index contributed by atoms with van der Waals surface area (Å²) in [5.74, 6) is -0.960. The molecule has 2 aromatic rings. The molecule has 1 fully saturated rings. The monoisotopic (exact) mass is 369 g/mol. The molecule has 0 atom stereocenters. The van der Waals surface area contributed by atoms with Crippen LogP contribution in [0.15, 0.2) is 18.3 Å². The molecule has 2 aromatic heterocycles. The topological polar surface area (TPSA) is 71.8 Å². The number of imidazole rings is 1. The number of halogens is 3. The summed E-state index contributed by atoms with van der Waals surface area (Å²) >= 11 is 0. The molecule has 1 aliphatic rings. The molecule has 0 unspecified atom stereocenters. The number of nitrogens with zero attached hydrogens (tertiary/aromatic N) is 3. The molecule has 0 radical (unpaired) electrons. The van der Waals surface area contributed by atoms with Crippen LogP contribution in [0, 0.1) is 0 Å². The van der Waals surface area contributed by atoms with Gasteiger partial charge in [0, 0.05) is 25.3 Å². The third kappa shape index (κ3) is 4.44. The highest BCUT2D eigenvalue weighted by atomic mass is 19.4. The number of aromatic nitrogens is 3. The first-order chi connectivity index (χ1) is 12.4. The van der Waals surface area contributed by atoms with Gasteiger partial charge in [0.15, 0.2) is 5.65 Å². The molecule has 1 saturated carbocycles. The van der Waals surface area contributed by atoms with Gasteiger partial charge in [0.2, 0.25) is 5.82 Å². The van der Waals surface area contributed by atoms with E-state index in [4.69, 9.17) is 0 Å². The maximum absolute atomic E-state index is 13.2. The third-order valence-electron chi connectivity index (χ3n) is 4.54. The Morgan fingerprint density at radius 1 is 1.27 bits per heavy atom. The van der Waals surface area contributed by atoms with Crippen LogP contribution in [0.4, 0.5) is 18.0 Å². The van der Waals surface area contributed by atoms with Gasteiger partial charge in [-0.15, -0.1) is 0 Å². The van der Waals surface area contributed by atoms with E-state index in [1.54, 1.807) is 6.07 Å². The summed E-state index contributed by atoms with van der Waals surface area (Å²) in [5.41, 5.74) is 0.411. The molecular formula is C17H22F3N5O. The van der Waals surface area contributed by atoms with E-state index in [0.29, 0.717) is 6.42 Å². The van der Waals surface area contributed by atoms with Gasteiger partial charge in [0.25, 0.3) is 0 Å². The predicted octanol–water partition coefficient (Wildman–Crippen LogP) is 3.47. The van der Waals surface area contributed by atoms with Gasteiger partial charge >= 0.3 is 12.2 Å². The van der Waals surface area contributed by atoms with Crippen molar-refractivity contribution in [1.29, 1.82) is 0 Å². The number of carbonyl (C=O) groups is 1. The quantitative estimate of drug-likeness (QED) is 0.793. The summed E-state index contributed by atoms with van der Waals surface area (Å²) < 4.78 is 40.6. The molecule has 0 aliphatic heterocycles. The Bertz CT molecular complexity index is 752. The Balaban J connectivity index is 1.55. The standard InChI is InChI=1S/C17H22F3N5O/c18-17(19,20)15-24-13-8-4-9-21-14(13)25(15)11-5-10-22-16(26)23-12-6-2-1-3-7-12/h4,8-9,12H,1-3,5-7,10-11H2,(H2,22,23,26). The van der Waals surface area contributed by atoms with Crippen molar-refractivity contribution in [2.75, 3.05) is 6.54 Å². The van der Waals surface area contributed by atoms with Crippen molar-refractivity contribution in [1.82, 2.24) is 25.2 Å². The van der Waals surface area contributed by atoms with Crippen LogP contribution in [-0.4, -0.2) is 33.2 Å². The zero-order chi connectivity index (χ0) is 18.6. The minimum atomic E-state index is -4.55. The molecule has 142 valence electrons. The van der Waals surface area contributed by atoms with E-state index >= 15 is 0 Å².